The smallest absolute Gasteiger partial charge is 0 e. The topological polar surface area (TPSA) is 0 Å². The molecule has 0 aliphatic carbocycles. The van der Waals surface area contributed by atoms with Gasteiger partial charge in [-0.2, -0.15) is 0 Å². The third kappa shape index (κ3) is 1.04. The van der Waals surface area contributed by atoms with Crippen LogP contribution < -0.4 is 0 Å². The Labute approximate surface area is 45.3 Å². The molecule has 0 spiro atoms. The van der Waals surface area contributed by atoms with Crippen LogP contribution in [0, 0.1) is 6.92 Å². The van der Waals surface area contributed by atoms with E-state index in [1.165, 1.54) is 0 Å². The highest BCUT2D eigenvalue weighted by Gasteiger charge is 1.72. The van der Waals surface area contributed by atoms with Crippen LogP contribution in [0.3, 0.4) is 0 Å². The van der Waals surface area contributed by atoms with Crippen molar-refractivity contribution < 1.29 is 1.43 Å². The van der Waals surface area contributed by atoms with E-state index in [0.717, 1.165) is 5.56 Å². The van der Waals surface area contributed by atoms with E-state index >= 15 is 0 Å². The Morgan fingerprint density at radius 3 is 2.00 bits per heavy atom. The molecule has 0 nitrogen and oxygen atoms in total. The third-order valence-corrected chi connectivity index (χ3v) is 0.843. The average molecular weight is 92.1 g/mol. The van der Waals surface area contributed by atoms with E-state index < -0.39 is 0 Å². The zero-order chi connectivity index (χ0) is 5.11. The summed E-state index contributed by atoms with van der Waals surface area (Å²) >= 11 is 0. The third-order valence-electron chi connectivity index (χ3n) is 0.843. The normalized spacial score (nSPS) is 8.71. The fourth-order valence-electron chi connectivity index (χ4n) is 0.478. The van der Waals surface area contributed by atoms with Crippen molar-refractivity contribution in [2.45, 2.75) is 0 Å². The van der Waals surface area contributed by atoms with E-state index in [1.807, 2.05) is 30.3 Å². The average Bonchev–Trinajstić information content (AvgIpc) is 1.69. The first-order valence-electron chi connectivity index (χ1n) is 2.26. The van der Waals surface area contributed by atoms with Gasteiger partial charge in [0.15, 0.2) is 0 Å². The molecule has 0 amide bonds. The van der Waals surface area contributed by atoms with Crippen molar-refractivity contribution in [3.8, 4) is 0 Å². The molecule has 0 saturated carbocycles. The molecule has 0 heteroatoms. The lowest BCUT2D eigenvalue weighted by Gasteiger charge is -1.82. The maximum atomic E-state index is 3.72. The second-order valence-corrected chi connectivity index (χ2v) is 1.49. The van der Waals surface area contributed by atoms with Crippen molar-refractivity contribution in [1.29, 1.82) is 0 Å². The van der Waals surface area contributed by atoms with Gasteiger partial charge in [0.05, 0.1) is 0 Å². The standard InChI is InChI=1S/C7H7.H/c1-7-5-3-2-4-6-7;/h2-6H,1H2;. The van der Waals surface area contributed by atoms with Crippen LogP contribution in [-0.2, 0) is 0 Å². The highest BCUT2D eigenvalue weighted by atomic mass is 13.8. The Morgan fingerprint density at radius 1 is 1.14 bits per heavy atom. The van der Waals surface area contributed by atoms with Crippen LogP contribution in [0.4, 0.5) is 0 Å². The van der Waals surface area contributed by atoms with Crippen LogP contribution in [0.5, 0.6) is 0 Å². The van der Waals surface area contributed by atoms with Gasteiger partial charge in [0.25, 0.3) is 0 Å². The first-order valence-corrected chi connectivity index (χ1v) is 2.26. The Bertz CT molecular complexity index is 134. The molecule has 0 aliphatic heterocycles. The Kier molecular flexibility index (Phi) is 1.12. The summed E-state index contributed by atoms with van der Waals surface area (Å²) in [7, 11) is 0. The summed E-state index contributed by atoms with van der Waals surface area (Å²) in [5.74, 6) is 0. The molecule has 0 saturated heterocycles. The quantitative estimate of drug-likeness (QED) is 0.459. The summed E-state index contributed by atoms with van der Waals surface area (Å²) in [5, 5.41) is 0. The molecule has 7 heavy (non-hydrogen) atoms. The SMILES string of the molecule is [CH2]c1ccccc1.[H]. The van der Waals surface area contributed by atoms with Gasteiger partial charge in [-0.25, -0.2) is 0 Å². The van der Waals surface area contributed by atoms with Crippen LogP contribution in [-0.4, -0.2) is 0 Å². The van der Waals surface area contributed by atoms with Crippen LogP contribution in [0.1, 0.15) is 6.99 Å². The Balaban J connectivity index is 0.000000490. The largest absolute Gasteiger partial charge is 0.0622 e. The van der Waals surface area contributed by atoms with Crippen molar-refractivity contribution in [3.63, 3.8) is 0 Å². The molecule has 36 valence electrons. The van der Waals surface area contributed by atoms with E-state index in [4.69, 9.17) is 0 Å². The summed E-state index contributed by atoms with van der Waals surface area (Å²) in [5.41, 5.74) is 1.07. The summed E-state index contributed by atoms with van der Waals surface area (Å²) in [6.45, 7) is 3.72. The second-order valence-electron chi connectivity index (χ2n) is 1.49. The van der Waals surface area contributed by atoms with Gasteiger partial charge in [-0.15, -0.1) is 0 Å². The first-order chi connectivity index (χ1) is 3.39. The van der Waals surface area contributed by atoms with E-state index in [-0.39, 0.29) is 1.43 Å². The lowest BCUT2D eigenvalue weighted by Crippen LogP contribution is -1.62. The molecule has 0 N–H and O–H groups in total. The van der Waals surface area contributed by atoms with Crippen LogP contribution in [0.2, 0.25) is 0 Å². The minimum absolute atomic E-state index is 0. The van der Waals surface area contributed by atoms with Crippen LogP contribution in [0.15, 0.2) is 30.3 Å². The first kappa shape index (κ1) is 4.38. The lowest BCUT2D eigenvalue weighted by atomic mass is 10.2. The van der Waals surface area contributed by atoms with Gasteiger partial charge in [-0.3, -0.25) is 0 Å². The molecule has 0 aromatic heterocycles. The van der Waals surface area contributed by atoms with Crippen molar-refractivity contribution in [2.24, 2.45) is 0 Å². The predicted octanol–water partition coefficient (Wildman–Crippen LogP) is 1.98. The molecule has 2 radical (unpaired) electrons. The zero-order valence-electron chi connectivity index (χ0n) is 5.09. The molecular weight excluding hydrogens is 84.1 g/mol. The number of hydrogen-bond donors (Lipinski definition) is 0. The summed E-state index contributed by atoms with van der Waals surface area (Å²) in [6, 6.07) is 9.87. The molecule has 0 atom stereocenters. The number of rotatable bonds is 0. The van der Waals surface area contributed by atoms with E-state index in [9.17, 15) is 0 Å². The molecule has 0 fully saturated rings. The van der Waals surface area contributed by atoms with Crippen molar-refractivity contribution in [3.05, 3.63) is 42.8 Å². The van der Waals surface area contributed by atoms with Gasteiger partial charge >= 0.3 is 0 Å². The summed E-state index contributed by atoms with van der Waals surface area (Å²) in [6.07, 6.45) is 0. The lowest BCUT2D eigenvalue weighted by molar-refractivity contribution is 1.62. The Hall–Kier alpha value is -0.780. The predicted molar refractivity (Wildman–Crippen MR) is 32.0 cm³/mol. The van der Waals surface area contributed by atoms with Gasteiger partial charge in [0.2, 0.25) is 0 Å². The molecule has 0 heterocycles. The molecule has 1 rings (SSSR count). The maximum Gasteiger partial charge on any atom is 0 e. The van der Waals surface area contributed by atoms with E-state index in [0.29, 0.717) is 0 Å². The molecular formula is C7H8. The van der Waals surface area contributed by atoms with Crippen molar-refractivity contribution in [1.82, 2.24) is 0 Å². The van der Waals surface area contributed by atoms with Crippen LogP contribution >= 0.6 is 0 Å². The maximum absolute atomic E-state index is 3.72. The molecule has 0 unspecified atom stereocenters. The van der Waals surface area contributed by atoms with Gasteiger partial charge in [0, 0.05) is 1.43 Å². The monoisotopic (exact) mass is 92.1 g/mol. The molecule has 1 aromatic rings. The van der Waals surface area contributed by atoms with Gasteiger partial charge in [-0.1, -0.05) is 30.3 Å². The Morgan fingerprint density at radius 2 is 1.71 bits per heavy atom. The van der Waals surface area contributed by atoms with E-state index in [1.54, 1.807) is 0 Å². The highest BCUT2D eigenvalue weighted by Crippen LogP contribution is 1.92. The fraction of sp³-hybridized carbons (Fsp3) is 0. The van der Waals surface area contributed by atoms with E-state index in [2.05, 4.69) is 6.92 Å². The number of hydrogen-bond acceptors (Lipinski definition) is 0. The van der Waals surface area contributed by atoms with Crippen LogP contribution in [0.25, 0.3) is 0 Å². The molecule has 0 bridgehead atoms. The van der Waals surface area contributed by atoms with Gasteiger partial charge in [0.1, 0.15) is 0 Å². The minimum Gasteiger partial charge on any atom is -0.0622 e. The highest BCUT2D eigenvalue weighted by molar-refractivity contribution is 5.16. The van der Waals surface area contributed by atoms with Crippen molar-refractivity contribution >= 4 is 0 Å². The van der Waals surface area contributed by atoms with Crippen molar-refractivity contribution in [2.75, 3.05) is 0 Å². The fourth-order valence-corrected chi connectivity index (χ4v) is 0.478. The van der Waals surface area contributed by atoms with Gasteiger partial charge in [-0.05, 0) is 12.5 Å². The van der Waals surface area contributed by atoms with Gasteiger partial charge < -0.3 is 0 Å². The summed E-state index contributed by atoms with van der Waals surface area (Å²) < 4.78 is 0. The second kappa shape index (κ2) is 1.78. The number of benzene rings is 1. The molecule has 0 aliphatic rings. The molecule has 1 aromatic carbocycles. The minimum atomic E-state index is 0. The zero-order valence-corrected chi connectivity index (χ0v) is 4.09. The summed E-state index contributed by atoms with van der Waals surface area (Å²) in [4.78, 5) is 0.